The maximum Gasteiger partial charge on any atom is 0.0468 e. The average Bonchev–Trinajstić information content (AvgIpc) is 3.82. The largest absolute Gasteiger partial charge is 0.310 e. The number of fused-ring (bicyclic) bond motifs is 7. The van der Waals surface area contributed by atoms with Crippen molar-refractivity contribution in [2.24, 2.45) is 0 Å². The number of hydrogen-bond donors (Lipinski definition) is 0. The highest BCUT2D eigenvalue weighted by molar-refractivity contribution is 7.26. The molecule has 258 valence electrons. The monoisotopic (exact) mass is 735 g/mol. The average molecular weight is 736 g/mol. The Balaban J connectivity index is 1.04. The molecule has 0 amide bonds. The third kappa shape index (κ3) is 5.68. The Kier molecular flexibility index (Phi) is 7.61. The van der Waals surface area contributed by atoms with Crippen molar-refractivity contribution in [1.82, 2.24) is 0 Å². The number of anilines is 3. The number of thiophene rings is 2. The molecule has 0 spiro atoms. The highest BCUT2D eigenvalue weighted by Crippen LogP contribution is 2.42. The van der Waals surface area contributed by atoms with Crippen molar-refractivity contribution in [3.8, 4) is 33.4 Å². The van der Waals surface area contributed by atoms with Crippen LogP contribution in [0.2, 0.25) is 0 Å². The van der Waals surface area contributed by atoms with E-state index in [1.807, 2.05) is 22.7 Å². The third-order valence-corrected chi connectivity index (χ3v) is 13.1. The lowest BCUT2D eigenvalue weighted by atomic mass is 9.92. The van der Waals surface area contributed by atoms with E-state index in [9.17, 15) is 0 Å². The first-order valence-electron chi connectivity index (χ1n) is 18.6. The van der Waals surface area contributed by atoms with Gasteiger partial charge in [-0.15, -0.1) is 22.7 Å². The molecule has 0 bridgehead atoms. The molecule has 2 aromatic heterocycles. The topological polar surface area (TPSA) is 3.24 Å². The quantitative estimate of drug-likeness (QED) is 0.164. The van der Waals surface area contributed by atoms with Crippen molar-refractivity contribution >= 4 is 90.9 Å². The van der Waals surface area contributed by atoms with E-state index in [0.717, 1.165) is 17.1 Å². The fraction of sp³-hybridized carbons (Fsp3) is 0. The van der Waals surface area contributed by atoms with Crippen molar-refractivity contribution in [1.29, 1.82) is 0 Å². The molecule has 11 aromatic rings. The molecule has 0 fully saturated rings. The van der Waals surface area contributed by atoms with Crippen molar-refractivity contribution < 1.29 is 0 Å². The van der Waals surface area contributed by atoms with Crippen LogP contribution in [0.15, 0.2) is 200 Å². The Morgan fingerprint density at radius 3 is 1.33 bits per heavy atom. The van der Waals surface area contributed by atoms with E-state index >= 15 is 0 Å². The van der Waals surface area contributed by atoms with Gasteiger partial charge in [0.25, 0.3) is 0 Å². The summed E-state index contributed by atoms with van der Waals surface area (Å²) in [5.74, 6) is 0. The Hall–Kier alpha value is -6.52. The minimum atomic E-state index is 1.12. The molecule has 0 radical (unpaired) electrons. The van der Waals surface area contributed by atoms with E-state index in [2.05, 4.69) is 205 Å². The van der Waals surface area contributed by atoms with E-state index in [0.29, 0.717) is 0 Å². The van der Waals surface area contributed by atoms with Gasteiger partial charge in [0, 0.05) is 57.4 Å². The standard InChI is InChI=1S/C52H33NS2/c1-2-12-42(13-3-1)53(44-25-20-34-10-4-5-11-36(34)31-44)43-23-18-35(19-24-43)39-28-40(37-21-26-47-45-14-6-8-16-49(45)54-51(47)32-37)30-41(29-39)38-22-27-48-46-15-7-9-17-50(46)55-52(48)33-38/h1-33H. The normalized spacial score (nSPS) is 11.6. The lowest BCUT2D eigenvalue weighted by Gasteiger charge is -2.26. The summed E-state index contributed by atoms with van der Waals surface area (Å²) in [7, 11) is 0. The van der Waals surface area contributed by atoms with Crippen LogP contribution in [0.1, 0.15) is 0 Å². The van der Waals surface area contributed by atoms with E-state index in [-0.39, 0.29) is 0 Å². The SMILES string of the molecule is c1ccc(N(c2ccc(-c3cc(-c4ccc5c(c4)sc4ccccc45)cc(-c4ccc5c(c4)sc4ccccc45)c3)cc2)c2ccc3ccccc3c2)cc1. The Morgan fingerprint density at radius 1 is 0.255 bits per heavy atom. The molecule has 0 aliphatic heterocycles. The van der Waals surface area contributed by atoms with Crippen molar-refractivity contribution in [2.75, 3.05) is 4.90 Å². The van der Waals surface area contributed by atoms with Gasteiger partial charge in [-0.25, -0.2) is 0 Å². The lowest BCUT2D eigenvalue weighted by Crippen LogP contribution is -2.09. The summed E-state index contributed by atoms with van der Waals surface area (Å²) in [5.41, 5.74) is 10.7. The van der Waals surface area contributed by atoms with Gasteiger partial charge < -0.3 is 4.90 Å². The molecule has 0 atom stereocenters. The molecule has 9 aromatic carbocycles. The second-order valence-electron chi connectivity index (χ2n) is 14.2. The summed E-state index contributed by atoms with van der Waals surface area (Å²) in [6, 6.07) is 73.5. The van der Waals surface area contributed by atoms with Gasteiger partial charge in [-0.3, -0.25) is 0 Å². The van der Waals surface area contributed by atoms with Crippen LogP contribution in [0.3, 0.4) is 0 Å². The molecule has 11 rings (SSSR count). The zero-order chi connectivity index (χ0) is 36.3. The van der Waals surface area contributed by atoms with Gasteiger partial charge in [-0.05, 0) is 123 Å². The van der Waals surface area contributed by atoms with Gasteiger partial charge in [0.1, 0.15) is 0 Å². The minimum Gasteiger partial charge on any atom is -0.310 e. The maximum absolute atomic E-state index is 2.38. The maximum atomic E-state index is 2.38. The molecule has 3 heteroatoms. The van der Waals surface area contributed by atoms with Crippen LogP contribution in [0.5, 0.6) is 0 Å². The zero-order valence-corrected chi connectivity index (χ0v) is 31.4. The predicted octanol–water partition coefficient (Wildman–Crippen LogP) is 16.0. The van der Waals surface area contributed by atoms with Crippen molar-refractivity contribution in [2.45, 2.75) is 0 Å². The summed E-state index contributed by atoms with van der Waals surface area (Å²) in [6.07, 6.45) is 0. The van der Waals surface area contributed by atoms with E-state index < -0.39 is 0 Å². The van der Waals surface area contributed by atoms with Crippen LogP contribution in [-0.2, 0) is 0 Å². The molecule has 55 heavy (non-hydrogen) atoms. The van der Waals surface area contributed by atoms with Gasteiger partial charge in [0.15, 0.2) is 0 Å². The first kappa shape index (κ1) is 32.0. The van der Waals surface area contributed by atoms with Crippen LogP contribution in [-0.4, -0.2) is 0 Å². The molecule has 2 heterocycles. The van der Waals surface area contributed by atoms with Crippen LogP contribution in [0.4, 0.5) is 17.1 Å². The molecule has 0 unspecified atom stereocenters. The molecular formula is C52H33NS2. The van der Waals surface area contributed by atoms with Crippen molar-refractivity contribution in [3.63, 3.8) is 0 Å². The number of benzene rings is 9. The molecule has 0 saturated carbocycles. The fourth-order valence-electron chi connectivity index (χ4n) is 8.08. The number of hydrogen-bond acceptors (Lipinski definition) is 3. The van der Waals surface area contributed by atoms with Crippen LogP contribution < -0.4 is 4.90 Å². The molecular weight excluding hydrogens is 703 g/mol. The van der Waals surface area contributed by atoms with Gasteiger partial charge in [-0.2, -0.15) is 0 Å². The van der Waals surface area contributed by atoms with Gasteiger partial charge >= 0.3 is 0 Å². The van der Waals surface area contributed by atoms with Gasteiger partial charge in [0.05, 0.1) is 0 Å². The van der Waals surface area contributed by atoms with Crippen LogP contribution in [0, 0.1) is 0 Å². The van der Waals surface area contributed by atoms with Gasteiger partial charge in [-0.1, -0.05) is 121 Å². The fourth-order valence-corrected chi connectivity index (χ4v) is 10.4. The lowest BCUT2D eigenvalue weighted by molar-refractivity contribution is 1.29. The number of nitrogens with zero attached hydrogens (tertiary/aromatic N) is 1. The first-order valence-corrected chi connectivity index (χ1v) is 20.3. The number of para-hydroxylation sites is 1. The Morgan fingerprint density at radius 2 is 0.709 bits per heavy atom. The molecule has 0 aliphatic rings. The third-order valence-electron chi connectivity index (χ3n) is 10.8. The van der Waals surface area contributed by atoms with Gasteiger partial charge in [0.2, 0.25) is 0 Å². The van der Waals surface area contributed by atoms with E-state index in [4.69, 9.17) is 0 Å². The second-order valence-corrected chi connectivity index (χ2v) is 16.3. The Labute approximate surface area is 327 Å². The summed E-state index contributed by atoms with van der Waals surface area (Å²) in [5, 5.41) is 7.76. The summed E-state index contributed by atoms with van der Waals surface area (Å²) in [4.78, 5) is 2.35. The predicted molar refractivity (Wildman–Crippen MR) is 241 cm³/mol. The smallest absolute Gasteiger partial charge is 0.0468 e. The first-order chi connectivity index (χ1) is 27.2. The highest BCUT2D eigenvalue weighted by Gasteiger charge is 2.15. The summed E-state index contributed by atoms with van der Waals surface area (Å²) in [6.45, 7) is 0. The number of rotatable bonds is 6. The minimum absolute atomic E-state index is 1.12. The van der Waals surface area contributed by atoms with E-state index in [1.165, 1.54) is 84.5 Å². The zero-order valence-electron chi connectivity index (χ0n) is 29.8. The second kappa shape index (κ2) is 13.1. The van der Waals surface area contributed by atoms with Crippen LogP contribution in [0.25, 0.3) is 84.5 Å². The van der Waals surface area contributed by atoms with Crippen LogP contribution >= 0.6 is 22.7 Å². The van der Waals surface area contributed by atoms with E-state index in [1.54, 1.807) is 0 Å². The molecule has 1 nitrogen and oxygen atoms in total. The molecule has 0 N–H and O–H groups in total. The summed E-state index contributed by atoms with van der Waals surface area (Å²) >= 11 is 3.75. The molecule has 0 aliphatic carbocycles. The molecule has 0 saturated heterocycles. The Bertz CT molecular complexity index is 3080. The highest BCUT2D eigenvalue weighted by atomic mass is 32.1. The van der Waals surface area contributed by atoms with Crippen molar-refractivity contribution in [3.05, 3.63) is 200 Å². The summed E-state index contributed by atoms with van der Waals surface area (Å²) < 4.78 is 5.29.